The molecule has 7 heteroatoms. The standard InChI is InChI=1S/C15H9ClN4O2/c16-11-7-5-10(6-8-11)14-15(17-9-21-14)22-20-13-4-2-1-3-12(13)18-19-20/h1-9H. The molecule has 0 aliphatic heterocycles. The van der Waals surface area contributed by atoms with Crippen LogP contribution in [-0.2, 0) is 0 Å². The Morgan fingerprint density at radius 2 is 1.86 bits per heavy atom. The van der Waals surface area contributed by atoms with Crippen LogP contribution in [0.5, 0.6) is 5.88 Å². The van der Waals surface area contributed by atoms with E-state index in [1.165, 1.54) is 11.2 Å². The molecule has 2 heterocycles. The van der Waals surface area contributed by atoms with E-state index in [9.17, 15) is 0 Å². The van der Waals surface area contributed by atoms with Crippen molar-refractivity contribution < 1.29 is 9.25 Å². The topological polar surface area (TPSA) is 66.0 Å². The van der Waals surface area contributed by atoms with Gasteiger partial charge in [-0.25, -0.2) is 0 Å². The molecule has 0 fully saturated rings. The fraction of sp³-hybridized carbons (Fsp3) is 0. The number of halogens is 1. The Bertz CT molecular complexity index is 930. The van der Waals surface area contributed by atoms with Crippen molar-refractivity contribution in [3.63, 3.8) is 0 Å². The molecule has 0 radical (unpaired) electrons. The second-order valence-electron chi connectivity index (χ2n) is 4.54. The summed E-state index contributed by atoms with van der Waals surface area (Å²) >= 11 is 5.89. The zero-order valence-electron chi connectivity index (χ0n) is 11.2. The van der Waals surface area contributed by atoms with Crippen molar-refractivity contribution in [2.24, 2.45) is 0 Å². The lowest BCUT2D eigenvalue weighted by Gasteiger charge is -2.03. The molecule has 0 saturated heterocycles. The molecule has 0 amide bonds. The number of para-hydroxylation sites is 1. The van der Waals surface area contributed by atoms with Gasteiger partial charge in [-0.05, 0) is 41.6 Å². The fourth-order valence-electron chi connectivity index (χ4n) is 2.09. The van der Waals surface area contributed by atoms with Crippen molar-refractivity contribution in [3.05, 3.63) is 59.9 Å². The summed E-state index contributed by atoms with van der Waals surface area (Å²) in [5.41, 5.74) is 2.29. The summed E-state index contributed by atoms with van der Waals surface area (Å²) in [4.78, 5) is 11.1. The average Bonchev–Trinajstić information content (AvgIpc) is 3.16. The molecule has 4 rings (SSSR count). The average molecular weight is 313 g/mol. The molecular formula is C15H9ClN4O2. The predicted octanol–water partition coefficient (Wildman–Crippen LogP) is 3.58. The van der Waals surface area contributed by atoms with Gasteiger partial charge in [0, 0.05) is 10.6 Å². The van der Waals surface area contributed by atoms with Gasteiger partial charge in [0.2, 0.25) is 5.76 Å². The monoisotopic (exact) mass is 312 g/mol. The summed E-state index contributed by atoms with van der Waals surface area (Å²) in [6.45, 7) is 0. The van der Waals surface area contributed by atoms with Gasteiger partial charge in [0.15, 0.2) is 6.39 Å². The maximum absolute atomic E-state index is 5.89. The van der Waals surface area contributed by atoms with Gasteiger partial charge in [-0.2, -0.15) is 4.98 Å². The first-order valence-electron chi connectivity index (χ1n) is 6.49. The molecule has 0 N–H and O–H groups in total. The van der Waals surface area contributed by atoms with Gasteiger partial charge < -0.3 is 9.25 Å². The summed E-state index contributed by atoms with van der Waals surface area (Å²) in [6, 6.07) is 14.7. The SMILES string of the molecule is Clc1ccc(-c2ocnc2On2nnc3ccccc32)cc1. The van der Waals surface area contributed by atoms with Crippen molar-refractivity contribution in [2.45, 2.75) is 0 Å². The van der Waals surface area contributed by atoms with Crippen LogP contribution in [0.4, 0.5) is 0 Å². The first-order chi connectivity index (χ1) is 10.8. The largest absolute Gasteiger partial charge is 0.439 e. The van der Waals surface area contributed by atoms with Crippen LogP contribution in [0, 0.1) is 0 Å². The van der Waals surface area contributed by atoms with Gasteiger partial charge in [0.1, 0.15) is 11.0 Å². The summed E-state index contributed by atoms with van der Waals surface area (Å²) < 4.78 is 5.41. The lowest BCUT2D eigenvalue weighted by Crippen LogP contribution is -2.07. The number of fused-ring (bicyclic) bond motifs is 1. The molecule has 0 bridgehead atoms. The third-order valence-corrected chi connectivity index (χ3v) is 3.39. The van der Waals surface area contributed by atoms with Crippen molar-refractivity contribution >= 4 is 22.6 Å². The summed E-state index contributed by atoms with van der Waals surface area (Å²) in [7, 11) is 0. The Labute approximate surface area is 129 Å². The van der Waals surface area contributed by atoms with Gasteiger partial charge in [0.05, 0.1) is 0 Å². The highest BCUT2D eigenvalue weighted by atomic mass is 35.5. The van der Waals surface area contributed by atoms with Gasteiger partial charge in [-0.3, -0.25) is 0 Å². The number of hydrogen-bond donors (Lipinski definition) is 0. The Morgan fingerprint density at radius 1 is 1.05 bits per heavy atom. The van der Waals surface area contributed by atoms with Crippen molar-refractivity contribution in [3.8, 4) is 17.2 Å². The number of hydrogen-bond acceptors (Lipinski definition) is 5. The molecule has 0 aliphatic rings. The van der Waals surface area contributed by atoms with Crippen LogP contribution in [0.3, 0.4) is 0 Å². The molecule has 0 saturated carbocycles. The highest BCUT2D eigenvalue weighted by Gasteiger charge is 2.15. The number of oxazole rings is 1. The van der Waals surface area contributed by atoms with E-state index in [1.54, 1.807) is 12.1 Å². The second-order valence-corrected chi connectivity index (χ2v) is 4.97. The van der Waals surface area contributed by atoms with E-state index in [-0.39, 0.29) is 0 Å². The van der Waals surface area contributed by atoms with Crippen LogP contribution in [0.1, 0.15) is 0 Å². The van der Waals surface area contributed by atoms with E-state index in [1.807, 2.05) is 36.4 Å². The highest BCUT2D eigenvalue weighted by Crippen LogP contribution is 2.30. The minimum absolute atomic E-state index is 0.304. The Kier molecular flexibility index (Phi) is 3.01. The number of benzene rings is 2. The molecule has 22 heavy (non-hydrogen) atoms. The van der Waals surface area contributed by atoms with E-state index in [4.69, 9.17) is 20.9 Å². The minimum atomic E-state index is 0.304. The normalized spacial score (nSPS) is 11.0. The van der Waals surface area contributed by atoms with E-state index >= 15 is 0 Å². The third-order valence-electron chi connectivity index (χ3n) is 3.14. The molecule has 0 unspecified atom stereocenters. The van der Waals surface area contributed by atoms with Crippen LogP contribution < -0.4 is 4.84 Å². The Hall–Kier alpha value is -2.86. The molecule has 4 aromatic rings. The van der Waals surface area contributed by atoms with Gasteiger partial charge in [-0.1, -0.05) is 28.6 Å². The maximum Gasteiger partial charge on any atom is 0.295 e. The van der Waals surface area contributed by atoms with E-state index < -0.39 is 0 Å². The van der Waals surface area contributed by atoms with Crippen LogP contribution >= 0.6 is 11.6 Å². The molecule has 0 spiro atoms. The zero-order chi connectivity index (χ0) is 14.9. The van der Waals surface area contributed by atoms with Crippen LogP contribution in [0.2, 0.25) is 5.02 Å². The lowest BCUT2D eigenvalue weighted by atomic mass is 10.2. The van der Waals surface area contributed by atoms with Crippen LogP contribution in [0.25, 0.3) is 22.4 Å². The quantitative estimate of drug-likeness (QED) is 0.578. The summed E-state index contributed by atoms with van der Waals surface area (Å²) in [5, 5.41) is 8.63. The van der Waals surface area contributed by atoms with Crippen LogP contribution in [0.15, 0.2) is 59.3 Å². The predicted molar refractivity (Wildman–Crippen MR) is 80.5 cm³/mol. The van der Waals surface area contributed by atoms with Crippen molar-refractivity contribution in [1.29, 1.82) is 0 Å². The minimum Gasteiger partial charge on any atom is -0.439 e. The van der Waals surface area contributed by atoms with E-state index in [0.29, 0.717) is 16.7 Å². The molecule has 2 aromatic carbocycles. The zero-order valence-corrected chi connectivity index (χ0v) is 11.9. The highest BCUT2D eigenvalue weighted by molar-refractivity contribution is 6.30. The third kappa shape index (κ3) is 2.19. The van der Waals surface area contributed by atoms with Crippen molar-refractivity contribution in [1.82, 2.24) is 20.1 Å². The number of nitrogens with zero attached hydrogens (tertiary/aromatic N) is 4. The molecule has 108 valence electrons. The van der Waals surface area contributed by atoms with Crippen molar-refractivity contribution in [2.75, 3.05) is 0 Å². The van der Waals surface area contributed by atoms with Gasteiger partial charge in [0.25, 0.3) is 5.88 Å². The summed E-state index contributed by atoms with van der Waals surface area (Å²) in [5.74, 6) is 0.800. The molecule has 0 atom stereocenters. The number of rotatable bonds is 3. The summed E-state index contributed by atoms with van der Waals surface area (Å²) in [6.07, 6.45) is 1.32. The Morgan fingerprint density at radius 3 is 2.73 bits per heavy atom. The second kappa shape index (κ2) is 5.16. The lowest BCUT2D eigenvalue weighted by molar-refractivity contribution is 0.177. The first kappa shape index (κ1) is 12.8. The first-order valence-corrected chi connectivity index (χ1v) is 6.87. The molecule has 0 aliphatic carbocycles. The molecule has 6 nitrogen and oxygen atoms in total. The molecular weight excluding hydrogens is 304 g/mol. The fourth-order valence-corrected chi connectivity index (χ4v) is 2.22. The molecule has 2 aromatic heterocycles. The smallest absolute Gasteiger partial charge is 0.295 e. The maximum atomic E-state index is 5.89. The van der Waals surface area contributed by atoms with Crippen LogP contribution in [-0.4, -0.2) is 20.1 Å². The Balaban J connectivity index is 1.72. The van der Waals surface area contributed by atoms with E-state index in [0.717, 1.165) is 16.6 Å². The van der Waals surface area contributed by atoms with E-state index in [2.05, 4.69) is 15.3 Å². The van der Waals surface area contributed by atoms with Gasteiger partial charge in [-0.15, -0.1) is 5.10 Å². The number of aromatic nitrogens is 4. The van der Waals surface area contributed by atoms with Gasteiger partial charge >= 0.3 is 0 Å².